The van der Waals surface area contributed by atoms with Gasteiger partial charge in [-0.15, -0.1) is 0 Å². The van der Waals surface area contributed by atoms with Crippen LogP contribution in [0.15, 0.2) is 48.5 Å². The third kappa shape index (κ3) is 4.96. The number of anilines is 1. The molecule has 0 spiro atoms. The maximum Gasteiger partial charge on any atom is 0.317 e. The number of benzene rings is 2. The molecule has 7 heteroatoms. The first-order chi connectivity index (χ1) is 15.0. The zero-order valence-corrected chi connectivity index (χ0v) is 18.6. The van der Waals surface area contributed by atoms with Crippen molar-refractivity contribution < 1.29 is 9.59 Å². The summed E-state index contributed by atoms with van der Waals surface area (Å²) in [4.78, 5) is 31.2. The number of nitrogens with zero attached hydrogens (tertiary/aromatic N) is 3. The molecule has 2 aliphatic heterocycles. The van der Waals surface area contributed by atoms with Crippen molar-refractivity contribution in [1.29, 1.82) is 0 Å². The standard InChI is InChI=1S/C24H29ClN4O2/c1-26-24(31)29-10-4-7-20(17-29)18-5-2-6-19(15-18)23(30)28-13-11-27(12-14-28)22-9-3-8-21(25)16-22/h2-3,5-6,8-9,15-16,20H,4,7,10-14,17H2,1H3,(H,26,31)/t20-/m1/s1. The largest absolute Gasteiger partial charge is 0.368 e. The van der Waals surface area contributed by atoms with Crippen LogP contribution in [-0.4, -0.2) is 68.1 Å². The highest BCUT2D eigenvalue weighted by atomic mass is 35.5. The summed E-state index contributed by atoms with van der Waals surface area (Å²) in [5.74, 6) is 0.338. The third-order valence-corrected chi connectivity index (χ3v) is 6.50. The summed E-state index contributed by atoms with van der Waals surface area (Å²) in [6.07, 6.45) is 2.01. The average molecular weight is 441 g/mol. The van der Waals surface area contributed by atoms with Gasteiger partial charge in [-0.25, -0.2) is 4.79 Å². The maximum absolute atomic E-state index is 13.2. The lowest BCUT2D eigenvalue weighted by Gasteiger charge is -2.36. The number of rotatable bonds is 3. The molecule has 0 aromatic heterocycles. The molecule has 3 amide bonds. The highest BCUT2D eigenvalue weighted by molar-refractivity contribution is 6.30. The van der Waals surface area contributed by atoms with E-state index in [1.165, 1.54) is 0 Å². The minimum Gasteiger partial charge on any atom is -0.368 e. The Morgan fingerprint density at radius 1 is 0.968 bits per heavy atom. The van der Waals surface area contributed by atoms with Crippen LogP contribution in [0.25, 0.3) is 0 Å². The van der Waals surface area contributed by atoms with Gasteiger partial charge in [0.25, 0.3) is 5.91 Å². The summed E-state index contributed by atoms with van der Waals surface area (Å²) in [5, 5.41) is 3.44. The Morgan fingerprint density at radius 3 is 2.48 bits per heavy atom. The quantitative estimate of drug-likeness (QED) is 0.789. The minimum absolute atomic E-state index is 0.0329. The average Bonchev–Trinajstić information content (AvgIpc) is 2.83. The Bertz CT molecular complexity index is 943. The molecule has 6 nitrogen and oxygen atoms in total. The first-order valence-electron chi connectivity index (χ1n) is 10.9. The molecule has 2 heterocycles. The van der Waals surface area contributed by atoms with Gasteiger partial charge in [0, 0.05) is 68.5 Å². The van der Waals surface area contributed by atoms with E-state index in [4.69, 9.17) is 11.6 Å². The van der Waals surface area contributed by atoms with Crippen LogP contribution in [0.5, 0.6) is 0 Å². The zero-order valence-electron chi connectivity index (χ0n) is 17.9. The Balaban J connectivity index is 1.40. The topological polar surface area (TPSA) is 55.9 Å². The van der Waals surface area contributed by atoms with E-state index in [1.54, 1.807) is 7.05 Å². The van der Waals surface area contributed by atoms with E-state index >= 15 is 0 Å². The smallest absolute Gasteiger partial charge is 0.317 e. The molecule has 31 heavy (non-hydrogen) atoms. The van der Waals surface area contributed by atoms with E-state index in [0.29, 0.717) is 19.6 Å². The van der Waals surface area contributed by atoms with Crippen molar-refractivity contribution in [3.63, 3.8) is 0 Å². The Kier molecular flexibility index (Phi) is 6.66. The third-order valence-electron chi connectivity index (χ3n) is 6.27. The fourth-order valence-corrected chi connectivity index (χ4v) is 4.73. The zero-order chi connectivity index (χ0) is 21.8. The molecule has 2 aromatic rings. The van der Waals surface area contributed by atoms with E-state index in [0.717, 1.165) is 54.3 Å². The summed E-state index contributed by atoms with van der Waals surface area (Å²) in [6.45, 7) is 4.42. The molecular weight excluding hydrogens is 412 g/mol. The number of likely N-dealkylation sites (tertiary alicyclic amines) is 1. The Labute approximate surface area is 188 Å². The van der Waals surface area contributed by atoms with Crippen molar-refractivity contribution in [1.82, 2.24) is 15.1 Å². The minimum atomic E-state index is -0.0329. The molecule has 1 N–H and O–H groups in total. The monoisotopic (exact) mass is 440 g/mol. The second-order valence-corrected chi connectivity index (χ2v) is 8.66. The predicted octanol–water partition coefficient (Wildman–Crippen LogP) is 3.82. The second kappa shape index (κ2) is 9.60. The molecule has 2 saturated heterocycles. The number of carbonyl (C=O) groups is 2. The molecule has 0 unspecified atom stereocenters. The summed E-state index contributed by atoms with van der Waals surface area (Å²) in [7, 11) is 1.66. The maximum atomic E-state index is 13.2. The van der Waals surface area contributed by atoms with Crippen LogP contribution < -0.4 is 10.2 Å². The summed E-state index contributed by atoms with van der Waals surface area (Å²) < 4.78 is 0. The van der Waals surface area contributed by atoms with Crippen LogP contribution in [0.3, 0.4) is 0 Å². The van der Waals surface area contributed by atoms with E-state index < -0.39 is 0 Å². The molecule has 0 radical (unpaired) electrons. The Hall–Kier alpha value is -2.73. The lowest BCUT2D eigenvalue weighted by Crippen LogP contribution is -2.48. The van der Waals surface area contributed by atoms with Gasteiger partial charge >= 0.3 is 6.03 Å². The molecule has 0 bridgehead atoms. The van der Waals surface area contributed by atoms with Crippen LogP contribution in [0.2, 0.25) is 5.02 Å². The van der Waals surface area contributed by atoms with Gasteiger partial charge in [0.1, 0.15) is 0 Å². The fraction of sp³-hybridized carbons (Fsp3) is 0.417. The number of nitrogens with one attached hydrogen (secondary N) is 1. The number of carbonyl (C=O) groups excluding carboxylic acids is 2. The lowest BCUT2D eigenvalue weighted by molar-refractivity contribution is 0.0746. The number of halogens is 1. The molecular formula is C24H29ClN4O2. The highest BCUT2D eigenvalue weighted by Crippen LogP contribution is 2.28. The molecule has 1 atom stereocenters. The molecule has 2 fully saturated rings. The number of urea groups is 1. The summed E-state index contributed by atoms with van der Waals surface area (Å²) in [5.41, 5.74) is 2.96. The van der Waals surface area contributed by atoms with Crippen molar-refractivity contribution >= 4 is 29.2 Å². The van der Waals surface area contributed by atoms with E-state index in [1.807, 2.05) is 46.2 Å². The van der Waals surface area contributed by atoms with Crippen LogP contribution in [-0.2, 0) is 0 Å². The van der Waals surface area contributed by atoms with Gasteiger partial charge in [0.15, 0.2) is 0 Å². The van der Waals surface area contributed by atoms with Gasteiger partial charge in [-0.05, 0) is 48.7 Å². The van der Waals surface area contributed by atoms with Crippen molar-refractivity contribution in [2.45, 2.75) is 18.8 Å². The molecule has 2 aromatic carbocycles. The Morgan fingerprint density at radius 2 is 1.74 bits per heavy atom. The summed E-state index contributed by atoms with van der Waals surface area (Å²) >= 11 is 6.12. The normalized spacial score (nSPS) is 19.3. The van der Waals surface area contributed by atoms with E-state index in [-0.39, 0.29) is 17.9 Å². The first-order valence-corrected chi connectivity index (χ1v) is 11.3. The van der Waals surface area contributed by atoms with Gasteiger partial charge in [-0.1, -0.05) is 29.8 Å². The summed E-state index contributed by atoms with van der Waals surface area (Å²) in [6, 6.07) is 15.8. The molecule has 0 aliphatic carbocycles. The number of piperidine rings is 1. The predicted molar refractivity (Wildman–Crippen MR) is 124 cm³/mol. The van der Waals surface area contributed by atoms with E-state index in [2.05, 4.69) is 22.3 Å². The van der Waals surface area contributed by atoms with E-state index in [9.17, 15) is 9.59 Å². The van der Waals surface area contributed by atoms with Gasteiger partial charge in [0.2, 0.25) is 0 Å². The van der Waals surface area contributed by atoms with Crippen molar-refractivity contribution in [2.24, 2.45) is 0 Å². The highest BCUT2D eigenvalue weighted by Gasteiger charge is 2.26. The van der Waals surface area contributed by atoms with Gasteiger partial charge in [-0.2, -0.15) is 0 Å². The SMILES string of the molecule is CNC(=O)N1CCC[C@@H](c2cccc(C(=O)N3CCN(c4cccc(Cl)c4)CC3)c2)C1. The fourth-order valence-electron chi connectivity index (χ4n) is 4.54. The molecule has 4 rings (SSSR count). The van der Waals surface area contributed by atoms with Crippen LogP contribution in [0.4, 0.5) is 10.5 Å². The van der Waals surface area contributed by atoms with Gasteiger partial charge in [0.05, 0.1) is 0 Å². The first kappa shape index (κ1) is 21.5. The van der Waals surface area contributed by atoms with Gasteiger partial charge in [-0.3, -0.25) is 4.79 Å². The van der Waals surface area contributed by atoms with Crippen LogP contribution in [0, 0.1) is 0 Å². The molecule has 2 aliphatic rings. The van der Waals surface area contributed by atoms with Crippen molar-refractivity contribution in [3.05, 3.63) is 64.7 Å². The molecule has 164 valence electrons. The van der Waals surface area contributed by atoms with Gasteiger partial charge < -0.3 is 20.0 Å². The number of piperazine rings is 1. The number of amides is 3. The van der Waals surface area contributed by atoms with Crippen LogP contribution >= 0.6 is 11.6 Å². The number of hydrogen-bond acceptors (Lipinski definition) is 3. The lowest BCUT2D eigenvalue weighted by atomic mass is 9.89. The number of hydrogen-bond donors (Lipinski definition) is 1. The van der Waals surface area contributed by atoms with Crippen molar-refractivity contribution in [2.75, 3.05) is 51.2 Å². The van der Waals surface area contributed by atoms with Crippen molar-refractivity contribution in [3.8, 4) is 0 Å². The van der Waals surface area contributed by atoms with Crippen LogP contribution in [0.1, 0.15) is 34.7 Å². The second-order valence-electron chi connectivity index (χ2n) is 8.22. The molecule has 0 saturated carbocycles.